The van der Waals surface area contributed by atoms with E-state index in [4.69, 9.17) is 4.74 Å². The molecule has 1 aromatic heterocycles. The summed E-state index contributed by atoms with van der Waals surface area (Å²) in [6, 6.07) is 14.2. The van der Waals surface area contributed by atoms with Crippen LogP contribution >= 0.6 is 0 Å². The molecule has 0 saturated carbocycles. The normalized spacial score (nSPS) is 24.6. The topological polar surface area (TPSA) is 66.0 Å². The Balaban J connectivity index is 1.26. The second kappa shape index (κ2) is 9.23. The molecule has 2 aromatic rings. The minimum absolute atomic E-state index is 0.0450. The molecule has 33 heavy (non-hydrogen) atoms. The highest BCUT2D eigenvalue weighted by Gasteiger charge is 2.50. The fourth-order valence-corrected chi connectivity index (χ4v) is 5.52. The lowest BCUT2D eigenvalue weighted by Crippen LogP contribution is -2.68. The zero-order chi connectivity index (χ0) is 22.8. The maximum atomic E-state index is 13.1. The van der Waals surface area contributed by atoms with E-state index in [9.17, 15) is 9.59 Å². The van der Waals surface area contributed by atoms with Crippen LogP contribution in [0, 0.1) is 6.92 Å². The molecule has 1 aromatic carbocycles. The Morgan fingerprint density at radius 2 is 1.94 bits per heavy atom. The van der Waals surface area contributed by atoms with E-state index < -0.39 is 0 Å². The predicted molar refractivity (Wildman–Crippen MR) is 125 cm³/mol. The van der Waals surface area contributed by atoms with Crippen LogP contribution in [0.2, 0.25) is 0 Å². The van der Waals surface area contributed by atoms with Gasteiger partial charge in [-0.3, -0.25) is 19.5 Å². The first-order valence-electron chi connectivity index (χ1n) is 11.9. The summed E-state index contributed by atoms with van der Waals surface area (Å²) >= 11 is 0. The molecule has 0 bridgehead atoms. The number of piperazine rings is 1. The van der Waals surface area contributed by atoms with Crippen molar-refractivity contribution in [2.45, 2.75) is 44.3 Å². The summed E-state index contributed by atoms with van der Waals surface area (Å²) in [6.45, 7) is 6.50. The van der Waals surface area contributed by atoms with Crippen molar-refractivity contribution < 1.29 is 14.3 Å². The molecule has 4 heterocycles. The van der Waals surface area contributed by atoms with E-state index in [-0.39, 0.29) is 23.4 Å². The van der Waals surface area contributed by atoms with Gasteiger partial charge in [-0.15, -0.1) is 0 Å². The monoisotopic (exact) mass is 448 g/mol. The van der Waals surface area contributed by atoms with Crippen LogP contribution in [0.15, 0.2) is 48.7 Å². The summed E-state index contributed by atoms with van der Waals surface area (Å²) < 4.78 is 5.87. The molecule has 3 aliphatic heterocycles. The molecule has 7 nitrogen and oxygen atoms in total. The van der Waals surface area contributed by atoms with Crippen molar-refractivity contribution in [1.29, 1.82) is 0 Å². The van der Waals surface area contributed by atoms with Gasteiger partial charge in [0.05, 0.1) is 24.3 Å². The van der Waals surface area contributed by atoms with Crippen molar-refractivity contribution in [1.82, 2.24) is 19.7 Å². The SMILES string of the molecule is Cc1ccc(C(=O)N2CCC(N3CC(=O)N(Cc4ccccc4)CC34CCOC4)CC2)cn1. The van der Waals surface area contributed by atoms with E-state index >= 15 is 0 Å². The van der Waals surface area contributed by atoms with Gasteiger partial charge in [0.1, 0.15) is 0 Å². The molecular weight excluding hydrogens is 416 g/mol. The quantitative estimate of drug-likeness (QED) is 0.719. The second-order valence-corrected chi connectivity index (χ2v) is 9.60. The third kappa shape index (κ3) is 4.52. The number of benzene rings is 1. The lowest BCUT2D eigenvalue weighted by molar-refractivity contribution is -0.148. The van der Waals surface area contributed by atoms with Gasteiger partial charge in [-0.05, 0) is 43.9 Å². The third-order valence-electron chi connectivity index (χ3n) is 7.40. The molecule has 1 atom stereocenters. The zero-order valence-electron chi connectivity index (χ0n) is 19.3. The molecule has 174 valence electrons. The van der Waals surface area contributed by atoms with Crippen LogP contribution in [0.5, 0.6) is 0 Å². The van der Waals surface area contributed by atoms with Crippen LogP contribution in [-0.2, 0) is 16.1 Å². The maximum Gasteiger partial charge on any atom is 0.255 e. The van der Waals surface area contributed by atoms with Crippen molar-refractivity contribution in [3.05, 3.63) is 65.5 Å². The van der Waals surface area contributed by atoms with Crippen molar-refractivity contribution >= 4 is 11.8 Å². The number of hydrogen-bond acceptors (Lipinski definition) is 5. The molecule has 0 aliphatic carbocycles. The van der Waals surface area contributed by atoms with Crippen LogP contribution in [0.4, 0.5) is 0 Å². The molecule has 2 amide bonds. The van der Waals surface area contributed by atoms with Gasteiger partial charge in [0, 0.05) is 50.7 Å². The van der Waals surface area contributed by atoms with Crippen molar-refractivity contribution in [2.75, 3.05) is 39.4 Å². The van der Waals surface area contributed by atoms with Gasteiger partial charge in [0.25, 0.3) is 5.91 Å². The van der Waals surface area contributed by atoms with Gasteiger partial charge in [-0.1, -0.05) is 30.3 Å². The molecule has 3 saturated heterocycles. The van der Waals surface area contributed by atoms with E-state index in [1.807, 2.05) is 47.1 Å². The lowest BCUT2D eigenvalue weighted by atomic mass is 9.87. The number of nitrogens with zero attached hydrogens (tertiary/aromatic N) is 4. The highest BCUT2D eigenvalue weighted by atomic mass is 16.5. The number of amides is 2. The fourth-order valence-electron chi connectivity index (χ4n) is 5.52. The predicted octanol–water partition coefficient (Wildman–Crippen LogP) is 2.50. The third-order valence-corrected chi connectivity index (χ3v) is 7.40. The Labute approximate surface area is 195 Å². The number of aromatic nitrogens is 1. The van der Waals surface area contributed by atoms with E-state index in [1.54, 1.807) is 6.20 Å². The molecule has 5 rings (SSSR count). The van der Waals surface area contributed by atoms with E-state index in [1.165, 1.54) is 0 Å². The Bertz CT molecular complexity index is 980. The first kappa shape index (κ1) is 22.0. The second-order valence-electron chi connectivity index (χ2n) is 9.60. The number of ether oxygens (including phenoxy) is 1. The summed E-state index contributed by atoms with van der Waals surface area (Å²) in [5, 5.41) is 0. The number of aryl methyl sites for hydroxylation is 1. The zero-order valence-corrected chi connectivity index (χ0v) is 19.3. The van der Waals surface area contributed by atoms with Gasteiger partial charge >= 0.3 is 0 Å². The molecule has 1 unspecified atom stereocenters. The van der Waals surface area contributed by atoms with Gasteiger partial charge in [-0.25, -0.2) is 0 Å². The number of carbonyl (C=O) groups excluding carboxylic acids is 2. The number of likely N-dealkylation sites (tertiary alicyclic amines) is 1. The largest absolute Gasteiger partial charge is 0.379 e. The number of piperidine rings is 1. The Kier molecular flexibility index (Phi) is 6.17. The van der Waals surface area contributed by atoms with Crippen molar-refractivity contribution in [3.8, 4) is 0 Å². The van der Waals surface area contributed by atoms with Gasteiger partial charge in [-0.2, -0.15) is 0 Å². The molecule has 3 aliphatic rings. The minimum atomic E-state index is -0.125. The molecular formula is C26H32N4O3. The fraction of sp³-hybridized carbons (Fsp3) is 0.500. The highest BCUT2D eigenvalue weighted by molar-refractivity contribution is 5.94. The lowest BCUT2D eigenvalue weighted by Gasteiger charge is -2.52. The minimum Gasteiger partial charge on any atom is -0.379 e. The van der Waals surface area contributed by atoms with Crippen LogP contribution < -0.4 is 0 Å². The molecule has 0 N–H and O–H groups in total. The average molecular weight is 449 g/mol. The number of rotatable bonds is 4. The molecule has 1 spiro atoms. The van der Waals surface area contributed by atoms with Crippen LogP contribution in [0.1, 0.15) is 40.9 Å². The first-order chi connectivity index (χ1) is 16.0. The number of carbonyl (C=O) groups is 2. The van der Waals surface area contributed by atoms with Gasteiger partial charge < -0.3 is 14.5 Å². The molecule has 7 heteroatoms. The average Bonchev–Trinajstić information content (AvgIpc) is 3.31. The van der Waals surface area contributed by atoms with Crippen LogP contribution in [-0.4, -0.2) is 82.5 Å². The van der Waals surface area contributed by atoms with Crippen LogP contribution in [0.3, 0.4) is 0 Å². The van der Waals surface area contributed by atoms with Gasteiger partial charge in [0.15, 0.2) is 0 Å². The summed E-state index contributed by atoms with van der Waals surface area (Å²) in [7, 11) is 0. The Hall–Kier alpha value is -2.77. The van der Waals surface area contributed by atoms with E-state index in [2.05, 4.69) is 22.0 Å². The highest BCUT2D eigenvalue weighted by Crippen LogP contribution is 2.35. The van der Waals surface area contributed by atoms with E-state index in [0.29, 0.717) is 44.9 Å². The standard InChI is InChI=1S/C26H32N4O3/c1-20-7-8-22(15-27-20)25(32)28-12-9-23(10-13-28)30-17-24(31)29(16-21-5-3-2-4-6-21)18-26(30)11-14-33-19-26/h2-8,15,23H,9-14,16-19H2,1H3. The summed E-state index contributed by atoms with van der Waals surface area (Å²) in [6.07, 6.45) is 4.36. The van der Waals surface area contributed by atoms with Crippen molar-refractivity contribution in [3.63, 3.8) is 0 Å². The number of hydrogen-bond donors (Lipinski definition) is 0. The van der Waals surface area contributed by atoms with Gasteiger partial charge in [0.2, 0.25) is 5.91 Å². The molecule has 3 fully saturated rings. The summed E-state index contributed by atoms with van der Waals surface area (Å²) in [4.78, 5) is 36.7. The Morgan fingerprint density at radius 3 is 2.61 bits per heavy atom. The first-order valence-corrected chi connectivity index (χ1v) is 11.9. The van der Waals surface area contributed by atoms with Crippen molar-refractivity contribution in [2.24, 2.45) is 0 Å². The number of pyridine rings is 1. The maximum absolute atomic E-state index is 13.1. The Morgan fingerprint density at radius 1 is 1.15 bits per heavy atom. The molecule has 0 radical (unpaired) electrons. The summed E-state index contributed by atoms with van der Waals surface area (Å²) in [5.41, 5.74) is 2.58. The summed E-state index contributed by atoms with van der Waals surface area (Å²) in [5.74, 6) is 0.226. The smallest absolute Gasteiger partial charge is 0.255 e. The van der Waals surface area contributed by atoms with Crippen LogP contribution in [0.25, 0.3) is 0 Å². The van der Waals surface area contributed by atoms with E-state index in [0.717, 1.165) is 37.1 Å².